The van der Waals surface area contributed by atoms with Gasteiger partial charge in [-0.25, -0.2) is 8.42 Å². The summed E-state index contributed by atoms with van der Waals surface area (Å²) in [5, 5.41) is 2.81. The van der Waals surface area contributed by atoms with E-state index in [9.17, 15) is 13.2 Å². The van der Waals surface area contributed by atoms with Crippen molar-refractivity contribution in [3.8, 4) is 23.0 Å². The van der Waals surface area contributed by atoms with Crippen molar-refractivity contribution < 1.29 is 32.2 Å². The number of anilines is 1. The maximum Gasteiger partial charge on any atom is 0.264 e. The number of hydrogen-bond donors (Lipinski definition) is 1. The first-order valence-corrected chi connectivity index (χ1v) is 12.9. The molecule has 2 aliphatic heterocycles. The van der Waals surface area contributed by atoms with Crippen LogP contribution in [-0.4, -0.2) is 53.3 Å². The highest BCUT2D eigenvalue weighted by molar-refractivity contribution is 7.92. The van der Waals surface area contributed by atoms with Crippen LogP contribution < -0.4 is 28.6 Å². The first-order chi connectivity index (χ1) is 17.3. The number of para-hydroxylation sites is 2. The van der Waals surface area contributed by atoms with Gasteiger partial charge < -0.3 is 24.3 Å². The molecule has 2 atom stereocenters. The molecule has 188 valence electrons. The number of carbonyl (C=O) groups is 1. The van der Waals surface area contributed by atoms with Crippen molar-refractivity contribution in [1.82, 2.24) is 5.32 Å². The number of rotatable bonds is 6. The van der Waals surface area contributed by atoms with Gasteiger partial charge >= 0.3 is 0 Å². The molecule has 0 aliphatic carbocycles. The SMILES string of the molecule is COc1ccc(S(=O)(=O)N2C[C@@H](C(=O)NC[C@H]3COc4ccccc4O3)Oc3ccc(C)cc32)cc1. The molecular formula is C26H26N2O7S. The quantitative estimate of drug-likeness (QED) is 0.544. The van der Waals surface area contributed by atoms with E-state index in [1.165, 1.54) is 23.5 Å². The minimum atomic E-state index is -3.98. The molecule has 0 fully saturated rings. The lowest BCUT2D eigenvalue weighted by molar-refractivity contribution is -0.128. The minimum Gasteiger partial charge on any atom is -0.497 e. The zero-order chi connectivity index (χ0) is 25.3. The van der Waals surface area contributed by atoms with Crippen LogP contribution in [0.1, 0.15) is 5.56 Å². The van der Waals surface area contributed by atoms with Crippen molar-refractivity contribution in [2.45, 2.75) is 24.0 Å². The first kappa shape index (κ1) is 23.8. The number of amides is 1. The molecule has 5 rings (SSSR count). The second-order valence-electron chi connectivity index (χ2n) is 8.53. The van der Waals surface area contributed by atoms with E-state index < -0.39 is 22.0 Å². The summed E-state index contributed by atoms with van der Waals surface area (Å²) < 4.78 is 51.1. The molecule has 0 saturated carbocycles. The number of carbonyl (C=O) groups excluding carboxylic acids is 1. The van der Waals surface area contributed by atoms with Gasteiger partial charge in [0.2, 0.25) is 0 Å². The highest BCUT2D eigenvalue weighted by atomic mass is 32.2. The second-order valence-corrected chi connectivity index (χ2v) is 10.4. The van der Waals surface area contributed by atoms with Gasteiger partial charge in [-0.1, -0.05) is 18.2 Å². The maximum atomic E-state index is 13.6. The Balaban J connectivity index is 1.34. The van der Waals surface area contributed by atoms with E-state index in [0.29, 0.717) is 28.7 Å². The molecule has 0 unspecified atom stereocenters. The van der Waals surface area contributed by atoms with Crippen LogP contribution in [-0.2, 0) is 14.8 Å². The number of aryl methyl sites for hydroxylation is 1. The van der Waals surface area contributed by atoms with Crippen LogP contribution in [0.5, 0.6) is 23.0 Å². The maximum absolute atomic E-state index is 13.6. The summed E-state index contributed by atoms with van der Waals surface area (Å²) in [5.41, 5.74) is 1.25. The van der Waals surface area contributed by atoms with Crippen molar-refractivity contribution in [2.24, 2.45) is 0 Å². The predicted octanol–water partition coefficient (Wildman–Crippen LogP) is 2.92. The molecular weight excluding hydrogens is 484 g/mol. The minimum absolute atomic E-state index is 0.0863. The zero-order valence-electron chi connectivity index (χ0n) is 19.8. The Kier molecular flexibility index (Phi) is 6.36. The summed E-state index contributed by atoms with van der Waals surface area (Å²) in [6.07, 6.45) is -1.44. The molecule has 3 aromatic carbocycles. The Morgan fingerprint density at radius 2 is 1.78 bits per heavy atom. The third kappa shape index (κ3) is 4.64. The Morgan fingerprint density at radius 1 is 1.03 bits per heavy atom. The van der Waals surface area contributed by atoms with Crippen LogP contribution in [0.15, 0.2) is 71.6 Å². The van der Waals surface area contributed by atoms with Crippen LogP contribution >= 0.6 is 0 Å². The molecule has 1 N–H and O–H groups in total. The van der Waals surface area contributed by atoms with Gasteiger partial charge in [0, 0.05) is 0 Å². The van der Waals surface area contributed by atoms with Gasteiger partial charge in [0.25, 0.3) is 15.9 Å². The van der Waals surface area contributed by atoms with E-state index in [1.54, 1.807) is 30.3 Å². The number of ether oxygens (including phenoxy) is 4. The Bertz CT molecular complexity index is 1380. The van der Waals surface area contributed by atoms with Gasteiger partial charge in [-0.2, -0.15) is 0 Å². The highest BCUT2D eigenvalue weighted by Crippen LogP contribution is 2.38. The molecule has 9 nitrogen and oxygen atoms in total. The van der Waals surface area contributed by atoms with Crippen molar-refractivity contribution in [2.75, 3.05) is 31.1 Å². The number of hydrogen-bond acceptors (Lipinski definition) is 7. The number of fused-ring (bicyclic) bond motifs is 2. The molecule has 0 aromatic heterocycles. The molecule has 36 heavy (non-hydrogen) atoms. The van der Waals surface area contributed by atoms with Crippen LogP contribution in [0.25, 0.3) is 0 Å². The van der Waals surface area contributed by atoms with Crippen molar-refractivity contribution in [3.63, 3.8) is 0 Å². The van der Waals surface area contributed by atoms with Gasteiger partial charge in [-0.05, 0) is 61.0 Å². The molecule has 2 heterocycles. The Hall–Kier alpha value is -3.92. The lowest BCUT2D eigenvalue weighted by Gasteiger charge is -2.35. The number of nitrogens with zero attached hydrogens (tertiary/aromatic N) is 1. The van der Waals surface area contributed by atoms with Crippen LogP contribution in [0, 0.1) is 6.92 Å². The van der Waals surface area contributed by atoms with E-state index in [0.717, 1.165) is 5.56 Å². The first-order valence-electron chi connectivity index (χ1n) is 11.5. The van der Waals surface area contributed by atoms with E-state index in [-0.39, 0.29) is 30.7 Å². The summed E-state index contributed by atoms with van der Waals surface area (Å²) >= 11 is 0. The van der Waals surface area contributed by atoms with Gasteiger partial charge in [0.15, 0.2) is 17.6 Å². The molecule has 0 saturated heterocycles. The largest absolute Gasteiger partial charge is 0.497 e. The molecule has 10 heteroatoms. The number of sulfonamides is 1. The number of benzene rings is 3. The summed E-state index contributed by atoms with van der Waals surface area (Å²) in [4.78, 5) is 13.2. The van der Waals surface area contributed by atoms with Crippen LogP contribution in [0.3, 0.4) is 0 Å². The average molecular weight is 511 g/mol. The Labute approximate surface area is 209 Å². The molecule has 1 amide bonds. The topological polar surface area (TPSA) is 103 Å². The lowest BCUT2D eigenvalue weighted by atomic mass is 10.1. The molecule has 0 radical (unpaired) electrons. The third-order valence-corrected chi connectivity index (χ3v) is 7.79. The van der Waals surface area contributed by atoms with Gasteiger partial charge in [-0.15, -0.1) is 0 Å². The van der Waals surface area contributed by atoms with E-state index in [4.69, 9.17) is 18.9 Å². The molecule has 0 bridgehead atoms. The normalized spacial score (nSPS) is 18.6. The number of nitrogens with one attached hydrogen (secondary N) is 1. The van der Waals surface area contributed by atoms with Crippen molar-refractivity contribution in [3.05, 3.63) is 72.3 Å². The van der Waals surface area contributed by atoms with Gasteiger partial charge in [0.1, 0.15) is 24.2 Å². The fraction of sp³-hybridized carbons (Fsp3) is 0.269. The summed E-state index contributed by atoms with van der Waals surface area (Å²) in [7, 11) is -2.47. The van der Waals surface area contributed by atoms with Gasteiger partial charge in [-0.3, -0.25) is 9.10 Å². The van der Waals surface area contributed by atoms with Crippen molar-refractivity contribution >= 4 is 21.6 Å². The van der Waals surface area contributed by atoms with Crippen molar-refractivity contribution in [1.29, 1.82) is 0 Å². The number of methoxy groups -OCH3 is 1. The fourth-order valence-electron chi connectivity index (χ4n) is 4.09. The zero-order valence-corrected chi connectivity index (χ0v) is 20.7. The Morgan fingerprint density at radius 3 is 2.53 bits per heavy atom. The predicted molar refractivity (Wildman–Crippen MR) is 132 cm³/mol. The highest BCUT2D eigenvalue weighted by Gasteiger charge is 2.38. The lowest BCUT2D eigenvalue weighted by Crippen LogP contribution is -2.52. The summed E-state index contributed by atoms with van der Waals surface area (Å²) in [6, 6.07) is 18.7. The van der Waals surface area contributed by atoms with E-state index in [2.05, 4.69) is 5.32 Å². The van der Waals surface area contributed by atoms with Crippen LogP contribution in [0.4, 0.5) is 5.69 Å². The van der Waals surface area contributed by atoms with Crippen LogP contribution in [0.2, 0.25) is 0 Å². The van der Waals surface area contributed by atoms with E-state index >= 15 is 0 Å². The average Bonchev–Trinajstić information content (AvgIpc) is 2.91. The molecule has 0 spiro atoms. The van der Waals surface area contributed by atoms with Gasteiger partial charge in [0.05, 0.1) is 30.8 Å². The molecule has 2 aliphatic rings. The smallest absolute Gasteiger partial charge is 0.264 e. The molecule has 3 aromatic rings. The summed E-state index contributed by atoms with van der Waals surface area (Å²) in [5.74, 6) is 1.68. The monoisotopic (exact) mass is 510 g/mol. The second kappa shape index (κ2) is 9.62. The summed E-state index contributed by atoms with van der Waals surface area (Å²) in [6.45, 7) is 2.14. The van der Waals surface area contributed by atoms with E-state index in [1.807, 2.05) is 31.2 Å². The standard InChI is InChI=1S/C26H26N2O7S/c1-17-7-12-22-21(13-17)28(36(30,31)20-10-8-18(32-2)9-11-20)15-25(35-22)26(29)27-14-19-16-33-23-5-3-4-6-24(23)34-19/h3-13,19,25H,14-16H2,1-2H3,(H,27,29)/t19-,25-/m0/s1. The third-order valence-electron chi connectivity index (χ3n) is 6.00. The fourth-order valence-corrected chi connectivity index (χ4v) is 5.56.